The van der Waals surface area contributed by atoms with Crippen molar-refractivity contribution in [1.82, 2.24) is 57.9 Å². The van der Waals surface area contributed by atoms with Crippen molar-refractivity contribution in [3.8, 4) is 0 Å². The minimum absolute atomic E-state index is 0.0196. The van der Waals surface area contributed by atoms with Crippen LogP contribution in [-0.2, 0) is 32.1 Å². The minimum atomic E-state index is -0.601. The van der Waals surface area contributed by atoms with Crippen molar-refractivity contribution in [1.29, 1.82) is 0 Å². The van der Waals surface area contributed by atoms with Crippen LogP contribution >= 0.6 is 80.9 Å². The second-order valence-electron chi connectivity index (χ2n) is 24.7. The predicted octanol–water partition coefficient (Wildman–Crippen LogP) is 17.6. The number of aromatic nitrogens is 12. The Kier molecular flexibility index (Phi) is 25.0. The largest absolute Gasteiger partial charge is 0.293 e. The van der Waals surface area contributed by atoms with Crippen molar-refractivity contribution < 1.29 is 45.9 Å². The number of carbonyl (C=O) groups excluding carboxylic acids is 5. The second kappa shape index (κ2) is 34.1. The lowest BCUT2D eigenvalue weighted by Crippen LogP contribution is -2.05. The van der Waals surface area contributed by atoms with Crippen molar-refractivity contribution in [2.45, 2.75) is 172 Å². The standard InChI is InChI=1S/C15H14ClFN2OS.C15H14F2N2OS.C14H12ClFN2OS.C13H12FN3OS.C13H13N3OS/c1-8-2-6-11(17)10(13(8)16)5-7-12(20)15-14(9-3-4-9)18-19-21-15;1-8-2-6-11(16)10(13(8)17)5-7-12(20)15-14(9-3-4-9)18-19-21-15;15-10-2-1-3-11(16)9(10)6-7-12(19)14-13(8-4-5-8)17-18-20-14;14-11-3-1-2-9(15-11)6-7-10(18)13-12(8-4-5-8)16-17-19-13;17-11(7-6-10-3-1-2-8-14-10)13-12(9-4-5-9)15-16-18-13/h2*2,6,9H,3-5,7H2,1H3;1-3,8H,4-7H2;1-3,8H,4-7H2;1-3,8-9H,4-7H2. The number of ketones is 5. The van der Waals surface area contributed by atoms with E-state index in [0.29, 0.717) is 120 Å². The molecule has 15 rings (SSSR count). The summed E-state index contributed by atoms with van der Waals surface area (Å²) in [6.07, 6.45) is 15.7. The van der Waals surface area contributed by atoms with E-state index in [4.69, 9.17) is 23.2 Å². The van der Waals surface area contributed by atoms with Crippen molar-refractivity contribution in [3.63, 3.8) is 0 Å². The summed E-state index contributed by atoms with van der Waals surface area (Å²) in [5.41, 5.74) is 7.71. The summed E-state index contributed by atoms with van der Waals surface area (Å²) >= 11 is 17.8. The lowest BCUT2D eigenvalue weighted by Gasteiger charge is -2.07. The normalized spacial score (nSPS) is 14.5. The van der Waals surface area contributed by atoms with Gasteiger partial charge in [-0.2, -0.15) is 4.39 Å². The molecule has 29 heteroatoms. The zero-order valence-electron chi connectivity index (χ0n) is 53.7. The Morgan fingerprint density at radius 3 is 1.14 bits per heavy atom. The fraction of sp³-hybridized carbons (Fsp3) is 0.386. The summed E-state index contributed by atoms with van der Waals surface area (Å²) in [6, 6.07) is 20.6. The molecule has 0 spiro atoms. The molecule has 0 saturated heterocycles. The molecule has 5 aliphatic rings. The van der Waals surface area contributed by atoms with Crippen LogP contribution in [-0.4, -0.2) is 86.8 Å². The molecule has 7 aromatic heterocycles. The van der Waals surface area contributed by atoms with Crippen LogP contribution in [0, 0.1) is 43.1 Å². The van der Waals surface area contributed by atoms with Gasteiger partial charge in [0.2, 0.25) is 5.95 Å². The predicted molar refractivity (Wildman–Crippen MR) is 370 cm³/mol. The minimum Gasteiger partial charge on any atom is -0.293 e. The number of rotatable bonds is 25. The molecule has 5 fully saturated rings. The number of hydrogen-bond acceptors (Lipinski definition) is 22. The second-order valence-corrected chi connectivity index (χ2v) is 29.3. The van der Waals surface area contributed by atoms with Crippen LogP contribution < -0.4 is 0 Å². The molecule has 99 heavy (non-hydrogen) atoms. The Balaban J connectivity index is 0.000000125. The summed E-state index contributed by atoms with van der Waals surface area (Å²) in [5.74, 6) is -0.368. The van der Waals surface area contributed by atoms with E-state index in [1.807, 2.05) is 25.1 Å². The van der Waals surface area contributed by atoms with Crippen LogP contribution in [0.15, 0.2) is 85.1 Å². The Morgan fingerprint density at radius 2 is 0.747 bits per heavy atom. The number of benzene rings is 3. The molecule has 0 atom stereocenters. The third-order valence-corrected chi connectivity index (χ3v) is 21.8. The van der Waals surface area contributed by atoms with Gasteiger partial charge in [-0.05, 0) is 227 Å². The first kappa shape index (κ1) is 72.6. The van der Waals surface area contributed by atoms with Crippen LogP contribution in [0.2, 0.25) is 10.0 Å². The van der Waals surface area contributed by atoms with Gasteiger partial charge in [0, 0.05) is 106 Å². The molecule has 0 aliphatic heterocycles. The molecule has 514 valence electrons. The highest BCUT2D eigenvalue weighted by molar-refractivity contribution is 7.09. The fourth-order valence-corrected chi connectivity index (χ4v) is 14.7. The van der Waals surface area contributed by atoms with Crippen molar-refractivity contribution in [3.05, 3.63) is 216 Å². The van der Waals surface area contributed by atoms with Gasteiger partial charge in [-0.3, -0.25) is 29.0 Å². The van der Waals surface area contributed by atoms with Gasteiger partial charge in [-0.15, -0.1) is 25.5 Å². The smallest absolute Gasteiger partial charge is 0.213 e. The Labute approximate surface area is 597 Å². The molecule has 0 bridgehead atoms. The lowest BCUT2D eigenvalue weighted by atomic mass is 10.0. The van der Waals surface area contributed by atoms with Gasteiger partial charge in [0.25, 0.3) is 0 Å². The highest BCUT2D eigenvalue weighted by atomic mass is 35.5. The van der Waals surface area contributed by atoms with E-state index in [2.05, 4.69) is 57.9 Å². The lowest BCUT2D eigenvalue weighted by molar-refractivity contribution is 0.0977. The van der Waals surface area contributed by atoms with Crippen LogP contribution in [0.3, 0.4) is 0 Å². The number of carbonyl (C=O) groups is 5. The molecule has 3 aromatic carbocycles. The van der Waals surface area contributed by atoms with Crippen LogP contribution in [0.4, 0.5) is 22.0 Å². The topological polar surface area (TPSA) is 240 Å². The molecule has 0 N–H and O–H groups in total. The molecule has 0 unspecified atom stereocenters. The van der Waals surface area contributed by atoms with E-state index >= 15 is 0 Å². The van der Waals surface area contributed by atoms with Gasteiger partial charge < -0.3 is 0 Å². The number of halogens is 7. The van der Waals surface area contributed by atoms with Crippen LogP contribution in [0.25, 0.3) is 0 Å². The van der Waals surface area contributed by atoms with Crippen LogP contribution in [0.5, 0.6) is 0 Å². The van der Waals surface area contributed by atoms with E-state index in [-0.39, 0.29) is 71.8 Å². The number of hydrogen-bond donors (Lipinski definition) is 0. The van der Waals surface area contributed by atoms with E-state index in [1.165, 1.54) is 41.9 Å². The SMILES string of the molecule is Cc1ccc(F)c(CCC(=O)c2snnc2C2CC2)c1Cl.Cc1ccc(F)c(CCC(=O)c2snnc2C2CC2)c1F.O=C(CCc1c(F)cccc1Cl)c1snnc1C1CC1.O=C(CCc1cccc(F)n1)c1snnc1C1CC1.O=C(CCc1ccccn1)c1snnc1C1CC1. The molecular formula is C70H65Cl2F5N12O5S5. The Hall–Kier alpha value is -7.66. The van der Waals surface area contributed by atoms with Gasteiger partial charge in [-0.1, -0.05) is 76.0 Å². The molecule has 17 nitrogen and oxygen atoms in total. The molecule has 0 amide bonds. The molecule has 5 saturated carbocycles. The maximum atomic E-state index is 13.9. The fourth-order valence-electron chi connectivity index (χ4n) is 10.6. The van der Waals surface area contributed by atoms with Crippen molar-refractivity contribution in [2.75, 3.05) is 0 Å². The number of Topliss-reactive ketones (excluding diaryl/α,β-unsaturated/α-hetero) is 5. The van der Waals surface area contributed by atoms with E-state index in [1.54, 1.807) is 43.5 Å². The molecule has 5 aliphatic carbocycles. The summed E-state index contributed by atoms with van der Waals surface area (Å²) < 4.78 is 87.3. The van der Waals surface area contributed by atoms with Gasteiger partial charge in [0.05, 0.1) is 28.5 Å². The molecular weight excluding hydrogens is 1420 g/mol. The van der Waals surface area contributed by atoms with Gasteiger partial charge in [-0.25, -0.2) is 22.5 Å². The zero-order valence-corrected chi connectivity index (χ0v) is 59.3. The van der Waals surface area contributed by atoms with Crippen molar-refractivity contribution in [2.24, 2.45) is 0 Å². The van der Waals surface area contributed by atoms with E-state index in [0.717, 1.165) is 155 Å². The van der Waals surface area contributed by atoms with Crippen molar-refractivity contribution >= 4 is 110 Å². The Bertz CT molecular complexity index is 4370. The zero-order chi connectivity index (χ0) is 69.7. The molecule has 10 aromatic rings. The number of pyridine rings is 2. The first-order chi connectivity index (χ1) is 47.9. The first-order valence-corrected chi connectivity index (χ1v) is 37.1. The quantitative estimate of drug-likeness (QED) is 0.0293. The summed E-state index contributed by atoms with van der Waals surface area (Å²) in [6.45, 7) is 3.41. The molecule has 0 radical (unpaired) electrons. The summed E-state index contributed by atoms with van der Waals surface area (Å²) in [7, 11) is 0. The summed E-state index contributed by atoms with van der Waals surface area (Å²) in [4.78, 5) is 72.2. The number of aryl methyl sites for hydroxylation is 4. The van der Waals surface area contributed by atoms with Gasteiger partial charge in [0.15, 0.2) is 28.9 Å². The van der Waals surface area contributed by atoms with Gasteiger partial charge in [0.1, 0.15) is 47.7 Å². The highest BCUT2D eigenvalue weighted by Crippen LogP contribution is 2.45. The van der Waals surface area contributed by atoms with Gasteiger partial charge >= 0.3 is 0 Å². The average Bonchev–Trinajstić information content (AvgIpc) is 1.68. The van der Waals surface area contributed by atoms with Crippen LogP contribution in [0.1, 0.15) is 242 Å². The highest BCUT2D eigenvalue weighted by Gasteiger charge is 2.36. The number of nitrogens with zero attached hydrogens (tertiary/aromatic N) is 12. The first-order valence-electron chi connectivity index (χ1n) is 32.5. The summed E-state index contributed by atoms with van der Waals surface area (Å²) in [5, 5.41) is 21.0. The third-order valence-electron chi connectivity index (χ3n) is 17.0. The maximum absolute atomic E-state index is 13.9. The molecule has 7 heterocycles. The van der Waals surface area contributed by atoms with E-state index < -0.39 is 17.6 Å². The monoisotopic (exact) mass is 1480 g/mol. The third kappa shape index (κ3) is 19.9. The average molecular weight is 1480 g/mol. The van der Waals surface area contributed by atoms with E-state index in [9.17, 15) is 45.9 Å². The Morgan fingerprint density at radius 1 is 0.394 bits per heavy atom. The maximum Gasteiger partial charge on any atom is 0.213 e.